The van der Waals surface area contributed by atoms with Gasteiger partial charge in [0.25, 0.3) is 0 Å². The first-order valence-electron chi connectivity index (χ1n) is 6.18. The topological polar surface area (TPSA) is 26.0 Å². The average Bonchev–Trinajstić information content (AvgIpc) is 2.26. The minimum absolute atomic E-state index is 0.246. The van der Waals surface area contributed by atoms with Gasteiger partial charge in [-0.25, -0.2) is 4.39 Å². The molecule has 0 radical (unpaired) electrons. The molecule has 1 atom stereocenters. The van der Waals surface area contributed by atoms with Crippen LogP contribution >= 0.6 is 15.9 Å². The van der Waals surface area contributed by atoms with Crippen molar-refractivity contribution in [2.75, 3.05) is 0 Å². The van der Waals surface area contributed by atoms with E-state index in [0.29, 0.717) is 6.42 Å². The molecule has 3 heteroatoms. The van der Waals surface area contributed by atoms with Crippen LogP contribution in [0.15, 0.2) is 46.9 Å². The molecule has 2 N–H and O–H groups in total. The third-order valence-corrected chi connectivity index (χ3v) is 3.63. The SMILES string of the molecule is Cc1cccc(C(C)(N)Cc2cc(F)cc(Br)c2)c1. The van der Waals surface area contributed by atoms with Crippen LogP contribution in [0.25, 0.3) is 0 Å². The number of aryl methyl sites for hydroxylation is 1. The van der Waals surface area contributed by atoms with Crippen molar-refractivity contribution in [3.8, 4) is 0 Å². The van der Waals surface area contributed by atoms with Gasteiger partial charge in [-0.3, -0.25) is 0 Å². The van der Waals surface area contributed by atoms with E-state index in [9.17, 15) is 4.39 Å². The van der Waals surface area contributed by atoms with Crippen LogP contribution in [0.4, 0.5) is 4.39 Å². The van der Waals surface area contributed by atoms with Crippen LogP contribution in [0.3, 0.4) is 0 Å². The molecule has 0 fully saturated rings. The Morgan fingerprint density at radius 3 is 2.58 bits per heavy atom. The standard InChI is InChI=1S/C16H17BrFN/c1-11-4-3-5-13(6-11)16(2,19)10-12-7-14(17)9-15(18)8-12/h3-9H,10,19H2,1-2H3. The Kier molecular flexibility index (Phi) is 4.07. The molecule has 2 rings (SSSR count). The quantitative estimate of drug-likeness (QED) is 0.895. The van der Waals surface area contributed by atoms with Crippen molar-refractivity contribution in [2.24, 2.45) is 5.73 Å². The molecule has 2 aromatic rings. The van der Waals surface area contributed by atoms with Crippen LogP contribution in [0.2, 0.25) is 0 Å². The summed E-state index contributed by atoms with van der Waals surface area (Å²) in [4.78, 5) is 0. The molecule has 100 valence electrons. The summed E-state index contributed by atoms with van der Waals surface area (Å²) in [5.41, 5.74) is 9.01. The molecule has 0 spiro atoms. The van der Waals surface area contributed by atoms with E-state index in [4.69, 9.17) is 5.73 Å². The average molecular weight is 322 g/mol. The van der Waals surface area contributed by atoms with Crippen LogP contribution in [0.1, 0.15) is 23.6 Å². The Labute approximate surface area is 121 Å². The van der Waals surface area contributed by atoms with Gasteiger partial charge in [-0.15, -0.1) is 0 Å². The Morgan fingerprint density at radius 1 is 1.21 bits per heavy atom. The Bertz CT molecular complexity index is 573. The largest absolute Gasteiger partial charge is 0.321 e. The van der Waals surface area contributed by atoms with Gasteiger partial charge in [-0.1, -0.05) is 45.8 Å². The maximum atomic E-state index is 13.4. The minimum atomic E-state index is -0.515. The predicted octanol–water partition coefficient (Wildman–Crippen LogP) is 4.31. The summed E-state index contributed by atoms with van der Waals surface area (Å²) in [5.74, 6) is -0.246. The molecule has 0 saturated carbocycles. The summed E-state index contributed by atoms with van der Waals surface area (Å²) in [6.07, 6.45) is 0.590. The monoisotopic (exact) mass is 321 g/mol. The molecule has 1 nitrogen and oxygen atoms in total. The van der Waals surface area contributed by atoms with Gasteiger partial charge in [0.2, 0.25) is 0 Å². The first kappa shape index (κ1) is 14.2. The van der Waals surface area contributed by atoms with E-state index in [1.54, 1.807) is 0 Å². The molecule has 1 unspecified atom stereocenters. The van der Waals surface area contributed by atoms with Crippen molar-refractivity contribution in [3.05, 3.63) is 69.4 Å². The fourth-order valence-electron chi connectivity index (χ4n) is 2.24. The van der Waals surface area contributed by atoms with Crippen molar-refractivity contribution < 1.29 is 4.39 Å². The van der Waals surface area contributed by atoms with Gasteiger partial charge in [0.1, 0.15) is 5.82 Å². The Balaban J connectivity index is 2.30. The summed E-state index contributed by atoms with van der Waals surface area (Å²) >= 11 is 3.31. The number of hydrogen-bond acceptors (Lipinski definition) is 1. The highest BCUT2D eigenvalue weighted by molar-refractivity contribution is 9.10. The number of hydrogen-bond donors (Lipinski definition) is 1. The molecule has 0 bridgehead atoms. The van der Waals surface area contributed by atoms with E-state index in [1.165, 1.54) is 17.7 Å². The van der Waals surface area contributed by atoms with Gasteiger partial charge < -0.3 is 5.73 Å². The van der Waals surface area contributed by atoms with E-state index >= 15 is 0 Å². The van der Waals surface area contributed by atoms with Crippen molar-refractivity contribution in [1.29, 1.82) is 0 Å². The molecule has 0 saturated heterocycles. The van der Waals surface area contributed by atoms with Crippen LogP contribution < -0.4 is 5.73 Å². The minimum Gasteiger partial charge on any atom is -0.321 e. The lowest BCUT2D eigenvalue weighted by Crippen LogP contribution is -2.35. The zero-order valence-electron chi connectivity index (χ0n) is 11.1. The molecule has 0 amide bonds. The lowest BCUT2D eigenvalue weighted by atomic mass is 9.86. The second-order valence-electron chi connectivity index (χ2n) is 5.24. The fraction of sp³-hybridized carbons (Fsp3) is 0.250. The number of nitrogens with two attached hydrogens (primary N) is 1. The molecular formula is C16H17BrFN. The molecule has 19 heavy (non-hydrogen) atoms. The normalized spacial score (nSPS) is 14.2. The van der Waals surface area contributed by atoms with Gasteiger partial charge in [-0.05, 0) is 49.6 Å². The first-order chi connectivity index (χ1) is 8.87. The Morgan fingerprint density at radius 2 is 1.95 bits per heavy atom. The molecule has 0 heterocycles. The van der Waals surface area contributed by atoms with Crippen LogP contribution in [0.5, 0.6) is 0 Å². The van der Waals surface area contributed by atoms with Crippen molar-refractivity contribution >= 4 is 15.9 Å². The van der Waals surface area contributed by atoms with E-state index in [1.807, 2.05) is 38.1 Å². The highest BCUT2D eigenvalue weighted by atomic mass is 79.9. The smallest absolute Gasteiger partial charge is 0.124 e. The molecule has 0 aliphatic heterocycles. The lowest BCUT2D eigenvalue weighted by molar-refractivity contribution is 0.489. The maximum absolute atomic E-state index is 13.4. The summed E-state index contributed by atoms with van der Waals surface area (Å²) < 4.78 is 14.1. The zero-order valence-corrected chi connectivity index (χ0v) is 12.7. The molecule has 0 aromatic heterocycles. The highest BCUT2D eigenvalue weighted by Gasteiger charge is 2.22. The molecular weight excluding hydrogens is 305 g/mol. The fourth-order valence-corrected chi connectivity index (χ4v) is 2.75. The van der Waals surface area contributed by atoms with Crippen molar-refractivity contribution in [3.63, 3.8) is 0 Å². The summed E-state index contributed by atoms with van der Waals surface area (Å²) in [7, 11) is 0. The van der Waals surface area contributed by atoms with E-state index in [-0.39, 0.29) is 5.82 Å². The van der Waals surface area contributed by atoms with Crippen LogP contribution in [-0.2, 0) is 12.0 Å². The third kappa shape index (κ3) is 3.64. The third-order valence-electron chi connectivity index (χ3n) is 3.17. The van der Waals surface area contributed by atoms with Gasteiger partial charge in [0.15, 0.2) is 0 Å². The van der Waals surface area contributed by atoms with Crippen LogP contribution in [0, 0.1) is 12.7 Å². The second-order valence-corrected chi connectivity index (χ2v) is 6.16. The van der Waals surface area contributed by atoms with Gasteiger partial charge >= 0.3 is 0 Å². The van der Waals surface area contributed by atoms with E-state index < -0.39 is 5.54 Å². The highest BCUT2D eigenvalue weighted by Crippen LogP contribution is 2.25. The first-order valence-corrected chi connectivity index (χ1v) is 6.97. The van der Waals surface area contributed by atoms with Crippen molar-refractivity contribution in [2.45, 2.75) is 25.8 Å². The van der Waals surface area contributed by atoms with E-state index in [2.05, 4.69) is 22.0 Å². The number of benzene rings is 2. The van der Waals surface area contributed by atoms with Gasteiger partial charge in [0, 0.05) is 10.0 Å². The zero-order chi connectivity index (χ0) is 14.0. The van der Waals surface area contributed by atoms with Gasteiger partial charge in [-0.2, -0.15) is 0 Å². The van der Waals surface area contributed by atoms with Crippen molar-refractivity contribution in [1.82, 2.24) is 0 Å². The number of rotatable bonds is 3. The lowest BCUT2D eigenvalue weighted by Gasteiger charge is -2.26. The summed E-state index contributed by atoms with van der Waals surface area (Å²) in [5, 5.41) is 0. The maximum Gasteiger partial charge on any atom is 0.124 e. The predicted molar refractivity (Wildman–Crippen MR) is 80.5 cm³/mol. The van der Waals surface area contributed by atoms with Crippen LogP contribution in [-0.4, -0.2) is 0 Å². The molecule has 0 aliphatic rings. The number of halogens is 2. The summed E-state index contributed by atoms with van der Waals surface area (Å²) in [6, 6.07) is 13.0. The molecule has 0 aliphatic carbocycles. The van der Waals surface area contributed by atoms with Gasteiger partial charge in [0.05, 0.1) is 0 Å². The molecule has 2 aromatic carbocycles. The van der Waals surface area contributed by atoms with E-state index in [0.717, 1.165) is 15.6 Å². The summed E-state index contributed by atoms with van der Waals surface area (Å²) in [6.45, 7) is 4.01. The Hall–Kier alpha value is -1.19. The second kappa shape index (κ2) is 5.43.